The second-order valence-electron chi connectivity index (χ2n) is 11.7. The van der Waals surface area contributed by atoms with Gasteiger partial charge < -0.3 is 10.0 Å². The van der Waals surface area contributed by atoms with Crippen LogP contribution in [0.4, 0.5) is 11.4 Å². The maximum absolute atomic E-state index is 13.9. The highest BCUT2D eigenvalue weighted by Gasteiger charge is 2.53. The summed E-state index contributed by atoms with van der Waals surface area (Å²) in [5, 5.41) is 10.9. The molecule has 0 radical (unpaired) electrons. The van der Waals surface area contributed by atoms with Gasteiger partial charge in [-0.3, -0.25) is 14.5 Å². The molecule has 7 nitrogen and oxygen atoms in total. The maximum Gasteiger partial charge on any atom is 0.258 e. The molecular formula is C28H35N3O4S. The van der Waals surface area contributed by atoms with E-state index < -0.39 is 16.1 Å². The van der Waals surface area contributed by atoms with E-state index in [1.807, 2.05) is 17.0 Å². The Hall–Kier alpha value is -2.45. The smallest absolute Gasteiger partial charge is 0.258 e. The molecule has 1 amide bonds. The number of sulfonamides is 1. The predicted octanol–water partition coefficient (Wildman–Crippen LogP) is 4.93. The van der Waals surface area contributed by atoms with Crippen molar-refractivity contribution in [2.24, 2.45) is 11.3 Å². The number of carbonyl (C=O) groups is 1. The molecule has 2 aromatic rings. The second-order valence-corrected chi connectivity index (χ2v) is 13.5. The van der Waals surface area contributed by atoms with Gasteiger partial charge in [-0.25, -0.2) is 8.42 Å². The van der Waals surface area contributed by atoms with Crippen LogP contribution in [0.2, 0.25) is 0 Å². The summed E-state index contributed by atoms with van der Waals surface area (Å²) in [5.74, 6) is 0.113. The molecule has 3 saturated carbocycles. The summed E-state index contributed by atoms with van der Waals surface area (Å²) in [5.41, 5.74) is 3.92. The highest BCUT2D eigenvalue weighted by atomic mass is 32.2. The number of benzene rings is 1. The first-order chi connectivity index (χ1) is 17.2. The Morgan fingerprint density at radius 1 is 1.08 bits per heavy atom. The van der Waals surface area contributed by atoms with Gasteiger partial charge in [0.2, 0.25) is 10.0 Å². The van der Waals surface area contributed by atoms with Crippen LogP contribution in [0.15, 0.2) is 36.5 Å². The number of nitrogens with one attached hydrogen (secondary N) is 1. The third-order valence-electron chi connectivity index (χ3n) is 9.27. The first kappa shape index (κ1) is 23.9. The molecule has 0 bridgehead atoms. The number of hydrogen-bond acceptors (Lipinski definition) is 5. The molecule has 192 valence electrons. The lowest BCUT2D eigenvalue weighted by atomic mass is 9.66. The van der Waals surface area contributed by atoms with Gasteiger partial charge in [0.1, 0.15) is 0 Å². The number of hydrogen-bond donors (Lipinski definition) is 2. The number of carbonyl (C=O) groups excluding carboxylic acids is 1. The fourth-order valence-corrected chi connectivity index (χ4v) is 7.46. The van der Waals surface area contributed by atoms with Crippen molar-refractivity contribution in [3.8, 4) is 0 Å². The van der Waals surface area contributed by atoms with Crippen molar-refractivity contribution in [1.29, 1.82) is 0 Å². The zero-order valence-electron chi connectivity index (χ0n) is 20.9. The molecule has 3 aliphatic carbocycles. The number of nitrogens with zero attached hydrogens (tertiary/aromatic N) is 2. The Morgan fingerprint density at radius 2 is 1.78 bits per heavy atom. The molecule has 2 N–H and O–H groups in total. The standard InChI is InChI=1S/C28H35N3O4S/c1-36(34,35)30-21-6-7-24-22(17-21)28(13-11-27(9-10-27)12-14-28)18-31(24)26(33)20-8-15-29-23(16-20)25(32)19-4-2-3-5-19/h6-8,15-17,19,25,30,32H,2-5,9-14,18H2,1H3/t25-/m0/s1. The number of pyridine rings is 1. The van der Waals surface area contributed by atoms with Gasteiger partial charge in [0.05, 0.1) is 18.1 Å². The van der Waals surface area contributed by atoms with Crippen LogP contribution in [0.5, 0.6) is 0 Å². The average Bonchev–Trinajstić information content (AvgIpc) is 3.27. The van der Waals surface area contributed by atoms with Crippen molar-refractivity contribution in [2.75, 3.05) is 22.4 Å². The van der Waals surface area contributed by atoms with Crippen LogP contribution < -0.4 is 9.62 Å². The number of anilines is 2. The highest BCUT2D eigenvalue weighted by Crippen LogP contribution is 2.62. The van der Waals surface area contributed by atoms with Gasteiger partial charge in [0.25, 0.3) is 5.91 Å². The topological polar surface area (TPSA) is 99.6 Å². The number of aliphatic hydroxyl groups excluding tert-OH is 1. The van der Waals surface area contributed by atoms with Gasteiger partial charge >= 0.3 is 0 Å². The summed E-state index contributed by atoms with van der Waals surface area (Å²) in [4.78, 5) is 20.2. The molecule has 1 atom stereocenters. The maximum atomic E-state index is 13.9. The molecule has 1 aromatic carbocycles. The first-order valence-electron chi connectivity index (χ1n) is 13.3. The molecule has 2 spiro atoms. The van der Waals surface area contributed by atoms with Crippen molar-refractivity contribution in [1.82, 2.24) is 4.98 Å². The number of fused-ring (bicyclic) bond motifs is 2. The van der Waals surface area contributed by atoms with Crippen molar-refractivity contribution in [3.05, 3.63) is 53.3 Å². The summed E-state index contributed by atoms with van der Waals surface area (Å²) < 4.78 is 26.4. The number of rotatable bonds is 5. The van der Waals surface area contributed by atoms with E-state index >= 15 is 0 Å². The minimum Gasteiger partial charge on any atom is -0.387 e. The Balaban J connectivity index is 1.33. The van der Waals surface area contributed by atoms with Crippen LogP contribution in [-0.4, -0.2) is 37.2 Å². The van der Waals surface area contributed by atoms with E-state index in [2.05, 4.69) is 9.71 Å². The molecule has 1 aromatic heterocycles. The zero-order valence-corrected chi connectivity index (χ0v) is 21.7. The summed E-state index contributed by atoms with van der Waals surface area (Å²) in [6.07, 6.45) is 13.3. The van der Waals surface area contributed by atoms with Gasteiger partial charge in [0, 0.05) is 35.1 Å². The Labute approximate surface area is 213 Å². The van der Waals surface area contributed by atoms with E-state index in [0.29, 0.717) is 28.9 Å². The lowest BCUT2D eigenvalue weighted by Gasteiger charge is -2.38. The van der Waals surface area contributed by atoms with Gasteiger partial charge in [0.15, 0.2) is 0 Å². The third kappa shape index (κ3) is 4.32. The highest BCUT2D eigenvalue weighted by molar-refractivity contribution is 7.92. The van der Waals surface area contributed by atoms with Crippen molar-refractivity contribution in [2.45, 2.75) is 75.7 Å². The van der Waals surface area contributed by atoms with E-state index in [0.717, 1.165) is 68.9 Å². The monoisotopic (exact) mass is 509 g/mol. The van der Waals surface area contributed by atoms with Crippen LogP contribution in [0.25, 0.3) is 0 Å². The first-order valence-corrected chi connectivity index (χ1v) is 15.1. The van der Waals surface area contributed by atoms with Crippen molar-refractivity contribution in [3.63, 3.8) is 0 Å². The van der Waals surface area contributed by atoms with Crippen LogP contribution in [0.3, 0.4) is 0 Å². The van der Waals surface area contributed by atoms with Gasteiger partial charge in [-0.2, -0.15) is 0 Å². The van der Waals surface area contributed by atoms with Gasteiger partial charge in [-0.05, 0) is 98.6 Å². The summed E-state index contributed by atoms with van der Waals surface area (Å²) in [6.45, 7) is 0.600. The number of aromatic nitrogens is 1. The average molecular weight is 510 g/mol. The predicted molar refractivity (Wildman–Crippen MR) is 140 cm³/mol. The third-order valence-corrected chi connectivity index (χ3v) is 9.88. The number of aliphatic hydroxyl groups is 1. The normalized spacial score (nSPS) is 23.1. The Kier molecular flexibility index (Phi) is 5.68. The van der Waals surface area contributed by atoms with E-state index in [9.17, 15) is 18.3 Å². The van der Waals surface area contributed by atoms with E-state index in [-0.39, 0.29) is 17.2 Å². The summed E-state index contributed by atoms with van der Waals surface area (Å²) in [6, 6.07) is 9.06. The van der Waals surface area contributed by atoms with Crippen molar-refractivity contribution < 1.29 is 18.3 Å². The van der Waals surface area contributed by atoms with Gasteiger partial charge in [-0.15, -0.1) is 0 Å². The molecule has 0 saturated heterocycles. The largest absolute Gasteiger partial charge is 0.387 e. The fraction of sp³-hybridized carbons (Fsp3) is 0.571. The molecule has 36 heavy (non-hydrogen) atoms. The second kappa shape index (κ2) is 8.55. The molecule has 0 unspecified atom stereocenters. The van der Waals surface area contributed by atoms with E-state index in [1.165, 1.54) is 12.8 Å². The minimum absolute atomic E-state index is 0.0917. The lowest BCUT2D eigenvalue weighted by Crippen LogP contribution is -2.40. The quantitative estimate of drug-likeness (QED) is 0.595. The lowest BCUT2D eigenvalue weighted by molar-refractivity contribution is 0.0976. The summed E-state index contributed by atoms with van der Waals surface area (Å²) >= 11 is 0. The molecule has 3 fully saturated rings. The van der Waals surface area contributed by atoms with Crippen LogP contribution in [0, 0.1) is 11.3 Å². The van der Waals surface area contributed by atoms with Crippen molar-refractivity contribution >= 4 is 27.3 Å². The molecule has 2 heterocycles. The molecule has 4 aliphatic rings. The van der Waals surface area contributed by atoms with E-state index in [4.69, 9.17) is 0 Å². The van der Waals surface area contributed by atoms with Gasteiger partial charge in [-0.1, -0.05) is 12.8 Å². The zero-order chi connectivity index (χ0) is 25.1. The molecule has 8 heteroatoms. The number of amides is 1. The SMILES string of the molecule is CS(=O)(=O)Nc1ccc2c(c1)C1(CCC3(CC3)CC1)CN2C(=O)c1ccnc([C@@H](O)C2CCCC2)c1. The summed E-state index contributed by atoms with van der Waals surface area (Å²) in [7, 11) is -3.40. The van der Waals surface area contributed by atoms with Crippen LogP contribution in [0.1, 0.15) is 91.9 Å². The molecule has 6 rings (SSSR count). The fourth-order valence-electron chi connectivity index (χ4n) is 6.90. The van der Waals surface area contributed by atoms with Crippen LogP contribution in [-0.2, 0) is 15.4 Å². The minimum atomic E-state index is -3.40. The van der Waals surface area contributed by atoms with E-state index in [1.54, 1.807) is 24.4 Å². The Bertz CT molecular complexity index is 1290. The molecule has 1 aliphatic heterocycles. The molecular weight excluding hydrogens is 474 g/mol. The Morgan fingerprint density at radius 3 is 2.44 bits per heavy atom. The van der Waals surface area contributed by atoms with Crippen LogP contribution >= 0.6 is 0 Å².